The first-order valence-electron chi connectivity index (χ1n) is 6.18. The van der Waals surface area contributed by atoms with Crippen LogP contribution >= 0.6 is 0 Å². The predicted octanol–water partition coefficient (Wildman–Crippen LogP) is 2.78. The van der Waals surface area contributed by atoms with Crippen molar-refractivity contribution in [3.8, 4) is 0 Å². The maximum atomic E-state index is 4.50. The molecule has 0 radical (unpaired) electrons. The highest BCUT2D eigenvalue weighted by molar-refractivity contribution is 5.93. The molecule has 0 saturated heterocycles. The molecule has 0 fully saturated rings. The van der Waals surface area contributed by atoms with Crippen molar-refractivity contribution in [1.82, 2.24) is 10.3 Å². The Labute approximate surface area is 102 Å². The minimum atomic E-state index is 0.871. The number of hydrogen-bond acceptors (Lipinski definition) is 3. The van der Waals surface area contributed by atoms with Crippen LogP contribution in [0.15, 0.2) is 30.5 Å². The molecule has 1 heterocycles. The van der Waals surface area contributed by atoms with Crippen molar-refractivity contribution >= 4 is 16.6 Å². The third kappa shape index (κ3) is 2.56. The highest BCUT2D eigenvalue weighted by atomic mass is 15.0. The fourth-order valence-electron chi connectivity index (χ4n) is 1.96. The van der Waals surface area contributed by atoms with Crippen LogP contribution in [0.25, 0.3) is 10.8 Å². The molecule has 2 aromatic rings. The van der Waals surface area contributed by atoms with E-state index in [9.17, 15) is 0 Å². The molecular weight excluding hydrogens is 210 g/mol. The lowest BCUT2D eigenvalue weighted by atomic mass is 10.1. The number of pyridine rings is 1. The van der Waals surface area contributed by atoms with Gasteiger partial charge in [-0.3, -0.25) is 0 Å². The molecule has 2 N–H and O–H groups in total. The zero-order valence-corrected chi connectivity index (χ0v) is 10.5. The first-order valence-corrected chi connectivity index (χ1v) is 6.18. The van der Waals surface area contributed by atoms with Gasteiger partial charge in [0.25, 0.3) is 0 Å². The van der Waals surface area contributed by atoms with Crippen molar-refractivity contribution in [3.63, 3.8) is 0 Å². The largest absolute Gasteiger partial charge is 0.370 e. The Morgan fingerprint density at radius 2 is 1.82 bits per heavy atom. The molecule has 0 aliphatic carbocycles. The van der Waals surface area contributed by atoms with E-state index >= 15 is 0 Å². The summed E-state index contributed by atoms with van der Waals surface area (Å²) in [5, 5.41) is 9.13. The number of aromatic nitrogens is 1. The smallest absolute Gasteiger partial charge is 0.133 e. The number of benzene rings is 1. The number of nitrogens with one attached hydrogen (secondary N) is 2. The Morgan fingerprint density at radius 3 is 2.53 bits per heavy atom. The van der Waals surface area contributed by atoms with E-state index in [0.717, 1.165) is 25.5 Å². The molecule has 0 bridgehead atoms. The fourth-order valence-corrected chi connectivity index (χ4v) is 1.96. The summed E-state index contributed by atoms with van der Waals surface area (Å²) in [6.07, 6.45) is 1.96. The molecule has 0 aliphatic rings. The highest BCUT2D eigenvalue weighted by Gasteiger charge is 2.05. The second-order valence-electron chi connectivity index (χ2n) is 3.99. The molecule has 90 valence electrons. The summed E-state index contributed by atoms with van der Waals surface area (Å²) in [5.41, 5.74) is 1.25. The Bertz CT molecular complexity index is 494. The van der Waals surface area contributed by atoms with Crippen LogP contribution in [0, 0.1) is 0 Å². The van der Waals surface area contributed by atoms with Gasteiger partial charge in [-0.05, 0) is 24.4 Å². The normalized spacial score (nSPS) is 10.7. The van der Waals surface area contributed by atoms with Crippen molar-refractivity contribution < 1.29 is 0 Å². The third-order valence-electron chi connectivity index (χ3n) is 2.79. The van der Waals surface area contributed by atoms with Crippen LogP contribution < -0.4 is 10.6 Å². The van der Waals surface area contributed by atoms with Crippen molar-refractivity contribution in [3.05, 3.63) is 36.0 Å². The van der Waals surface area contributed by atoms with Crippen molar-refractivity contribution in [1.29, 1.82) is 0 Å². The molecule has 1 aromatic carbocycles. The second-order valence-corrected chi connectivity index (χ2v) is 3.99. The summed E-state index contributed by atoms with van der Waals surface area (Å²) >= 11 is 0. The summed E-state index contributed by atoms with van der Waals surface area (Å²) in [5.74, 6) is 0.975. The topological polar surface area (TPSA) is 37.0 Å². The number of anilines is 1. The van der Waals surface area contributed by atoms with E-state index in [-0.39, 0.29) is 0 Å². The van der Waals surface area contributed by atoms with Crippen molar-refractivity contribution in [2.24, 2.45) is 0 Å². The molecular formula is C14H19N3. The number of rotatable bonds is 5. The van der Waals surface area contributed by atoms with Crippen LogP contribution in [0.1, 0.15) is 19.4 Å². The zero-order valence-electron chi connectivity index (χ0n) is 10.5. The monoisotopic (exact) mass is 229 g/mol. The molecule has 0 unspecified atom stereocenters. The summed E-state index contributed by atoms with van der Waals surface area (Å²) < 4.78 is 0. The van der Waals surface area contributed by atoms with E-state index < -0.39 is 0 Å². The van der Waals surface area contributed by atoms with Crippen LogP contribution in [-0.2, 0) is 6.54 Å². The molecule has 2 rings (SSSR count). The maximum Gasteiger partial charge on any atom is 0.133 e. The van der Waals surface area contributed by atoms with E-state index in [1.165, 1.54) is 16.3 Å². The van der Waals surface area contributed by atoms with Gasteiger partial charge in [-0.15, -0.1) is 0 Å². The summed E-state index contributed by atoms with van der Waals surface area (Å²) in [4.78, 5) is 4.50. The molecule has 3 heteroatoms. The minimum absolute atomic E-state index is 0.871. The molecule has 3 nitrogen and oxygen atoms in total. The van der Waals surface area contributed by atoms with Gasteiger partial charge in [0.2, 0.25) is 0 Å². The van der Waals surface area contributed by atoms with Gasteiger partial charge in [-0.25, -0.2) is 4.98 Å². The number of nitrogens with zero attached hydrogens (tertiary/aromatic N) is 1. The quantitative estimate of drug-likeness (QED) is 0.827. The van der Waals surface area contributed by atoms with Crippen LogP contribution in [0.3, 0.4) is 0 Å². The summed E-state index contributed by atoms with van der Waals surface area (Å²) in [7, 11) is 0. The third-order valence-corrected chi connectivity index (χ3v) is 2.79. The number of hydrogen-bond donors (Lipinski definition) is 2. The predicted molar refractivity (Wildman–Crippen MR) is 73.3 cm³/mol. The molecule has 0 aliphatic heterocycles. The van der Waals surface area contributed by atoms with Gasteiger partial charge in [0, 0.05) is 24.7 Å². The van der Waals surface area contributed by atoms with Crippen LogP contribution in [0.5, 0.6) is 0 Å². The van der Waals surface area contributed by atoms with Crippen molar-refractivity contribution in [2.75, 3.05) is 18.4 Å². The lowest BCUT2D eigenvalue weighted by Crippen LogP contribution is -2.12. The van der Waals surface area contributed by atoms with Gasteiger partial charge in [0.1, 0.15) is 5.82 Å². The van der Waals surface area contributed by atoms with E-state index in [2.05, 4.69) is 53.7 Å². The van der Waals surface area contributed by atoms with Crippen molar-refractivity contribution in [2.45, 2.75) is 20.4 Å². The molecule has 0 spiro atoms. The molecule has 0 amide bonds. The molecule has 17 heavy (non-hydrogen) atoms. The van der Waals surface area contributed by atoms with E-state index in [1.54, 1.807) is 0 Å². The average molecular weight is 229 g/mol. The SMILES string of the molecule is CCNCc1cnc(NCC)c2ccccc12. The maximum absolute atomic E-state index is 4.50. The number of fused-ring (bicyclic) bond motifs is 1. The average Bonchev–Trinajstić information content (AvgIpc) is 2.38. The van der Waals surface area contributed by atoms with Gasteiger partial charge in [-0.2, -0.15) is 0 Å². The Morgan fingerprint density at radius 1 is 1.06 bits per heavy atom. The molecule has 0 atom stereocenters. The fraction of sp³-hybridized carbons (Fsp3) is 0.357. The van der Waals surface area contributed by atoms with Gasteiger partial charge in [-0.1, -0.05) is 31.2 Å². The Hall–Kier alpha value is -1.61. The van der Waals surface area contributed by atoms with E-state index in [1.807, 2.05) is 6.20 Å². The van der Waals surface area contributed by atoms with Crippen LogP contribution in [0.4, 0.5) is 5.82 Å². The van der Waals surface area contributed by atoms with E-state index in [0.29, 0.717) is 0 Å². The lowest BCUT2D eigenvalue weighted by Gasteiger charge is -2.11. The lowest BCUT2D eigenvalue weighted by molar-refractivity contribution is 0.728. The van der Waals surface area contributed by atoms with Gasteiger partial charge in [0.15, 0.2) is 0 Å². The summed E-state index contributed by atoms with van der Waals surface area (Å²) in [6, 6.07) is 8.41. The highest BCUT2D eigenvalue weighted by Crippen LogP contribution is 2.24. The second kappa shape index (κ2) is 5.64. The zero-order chi connectivity index (χ0) is 12.1. The molecule has 0 saturated carbocycles. The van der Waals surface area contributed by atoms with Gasteiger partial charge in [0.05, 0.1) is 0 Å². The van der Waals surface area contributed by atoms with Gasteiger partial charge < -0.3 is 10.6 Å². The first kappa shape index (κ1) is 11.9. The Balaban J connectivity index is 2.46. The first-order chi connectivity index (χ1) is 8.36. The Kier molecular flexibility index (Phi) is 3.94. The van der Waals surface area contributed by atoms with Gasteiger partial charge >= 0.3 is 0 Å². The summed E-state index contributed by atoms with van der Waals surface area (Å²) in [6.45, 7) is 6.94. The van der Waals surface area contributed by atoms with Crippen LogP contribution in [0.2, 0.25) is 0 Å². The standard InChI is InChI=1S/C14H19N3/c1-3-15-9-11-10-17-14(16-4-2)13-8-6-5-7-12(11)13/h5-8,10,15H,3-4,9H2,1-2H3,(H,16,17). The molecule has 1 aromatic heterocycles. The van der Waals surface area contributed by atoms with Crippen LogP contribution in [-0.4, -0.2) is 18.1 Å². The minimum Gasteiger partial charge on any atom is -0.370 e. The van der Waals surface area contributed by atoms with E-state index in [4.69, 9.17) is 0 Å².